The van der Waals surface area contributed by atoms with Gasteiger partial charge in [0.25, 0.3) is 0 Å². The standard InChI is InChI=1S/C15H25N3O4S/c1-8(2)12-6-11(18-15(19)10(5)16)7-13(9(3)4)14(12)22-23(17,20)21/h6-10H,16H2,1-5H3,(H,18,19)(H2,17,20,21). The molecule has 8 heteroatoms. The molecule has 0 aliphatic carbocycles. The van der Waals surface area contributed by atoms with Crippen molar-refractivity contribution in [3.63, 3.8) is 0 Å². The molecule has 0 aromatic heterocycles. The maximum Gasteiger partial charge on any atom is 0.380 e. The Morgan fingerprint density at radius 1 is 1.09 bits per heavy atom. The fraction of sp³-hybridized carbons (Fsp3) is 0.533. The number of anilines is 1. The molecule has 1 aromatic rings. The number of hydrogen-bond acceptors (Lipinski definition) is 5. The molecule has 1 aromatic carbocycles. The molecule has 0 radical (unpaired) electrons. The zero-order chi connectivity index (χ0) is 17.9. The molecule has 0 fully saturated rings. The quantitative estimate of drug-likeness (QED) is 0.726. The number of hydrogen-bond donors (Lipinski definition) is 3. The van der Waals surface area contributed by atoms with E-state index in [0.29, 0.717) is 16.8 Å². The van der Waals surface area contributed by atoms with E-state index in [1.165, 1.54) is 0 Å². The van der Waals surface area contributed by atoms with Gasteiger partial charge in [-0.2, -0.15) is 13.6 Å². The lowest BCUT2D eigenvalue weighted by molar-refractivity contribution is -0.117. The van der Waals surface area contributed by atoms with Gasteiger partial charge in [0.15, 0.2) is 5.75 Å². The molecule has 0 bridgehead atoms. The molecule has 23 heavy (non-hydrogen) atoms. The number of benzene rings is 1. The Balaban J connectivity index is 3.48. The molecule has 0 heterocycles. The normalized spacial score (nSPS) is 13.3. The van der Waals surface area contributed by atoms with Crippen molar-refractivity contribution in [1.29, 1.82) is 0 Å². The summed E-state index contributed by atoms with van der Waals surface area (Å²) in [5.41, 5.74) is 7.39. The molecular weight excluding hydrogens is 318 g/mol. The van der Waals surface area contributed by atoms with Gasteiger partial charge in [0, 0.05) is 16.8 Å². The summed E-state index contributed by atoms with van der Waals surface area (Å²) in [4.78, 5) is 11.8. The van der Waals surface area contributed by atoms with Crippen molar-refractivity contribution in [2.45, 2.75) is 52.5 Å². The van der Waals surface area contributed by atoms with Crippen molar-refractivity contribution >= 4 is 21.9 Å². The minimum Gasteiger partial charge on any atom is -0.370 e. The van der Waals surface area contributed by atoms with Crippen molar-refractivity contribution in [2.24, 2.45) is 10.9 Å². The third kappa shape index (κ3) is 5.49. The predicted octanol–water partition coefficient (Wildman–Crippen LogP) is 1.80. The summed E-state index contributed by atoms with van der Waals surface area (Å²) in [6.45, 7) is 9.17. The zero-order valence-corrected chi connectivity index (χ0v) is 14.9. The van der Waals surface area contributed by atoms with E-state index >= 15 is 0 Å². The lowest BCUT2D eigenvalue weighted by Crippen LogP contribution is -2.32. The van der Waals surface area contributed by atoms with E-state index in [1.807, 2.05) is 27.7 Å². The summed E-state index contributed by atoms with van der Waals surface area (Å²) in [5.74, 6) is -0.168. The van der Waals surface area contributed by atoms with Crippen molar-refractivity contribution in [1.82, 2.24) is 0 Å². The third-order valence-corrected chi connectivity index (χ3v) is 3.67. The summed E-state index contributed by atoms with van der Waals surface area (Å²) < 4.78 is 27.7. The van der Waals surface area contributed by atoms with Crippen LogP contribution in [0.1, 0.15) is 57.6 Å². The fourth-order valence-electron chi connectivity index (χ4n) is 2.07. The van der Waals surface area contributed by atoms with E-state index in [4.69, 9.17) is 15.1 Å². The van der Waals surface area contributed by atoms with Gasteiger partial charge in [-0.15, -0.1) is 0 Å². The predicted molar refractivity (Wildman–Crippen MR) is 90.6 cm³/mol. The summed E-state index contributed by atoms with van der Waals surface area (Å²) in [7, 11) is -4.15. The second kappa shape index (κ2) is 7.29. The molecule has 130 valence electrons. The van der Waals surface area contributed by atoms with Gasteiger partial charge >= 0.3 is 10.3 Å². The molecule has 0 aliphatic heterocycles. The van der Waals surface area contributed by atoms with Crippen LogP contribution >= 0.6 is 0 Å². The van der Waals surface area contributed by atoms with Gasteiger partial charge in [-0.3, -0.25) is 4.79 Å². The topological polar surface area (TPSA) is 125 Å². The van der Waals surface area contributed by atoms with Crippen LogP contribution in [-0.4, -0.2) is 20.4 Å². The number of nitrogens with two attached hydrogens (primary N) is 2. The number of rotatable bonds is 6. The van der Waals surface area contributed by atoms with E-state index in [-0.39, 0.29) is 23.5 Å². The van der Waals surface area contributed by atoms with Gasteiger partial charge in [0.2, 0.25) is 5.91 Å². The number of amides is 1. The van der Waals surface area contributed by atoms with Crippen LogP contribution in [0.15, 0.2) is 12.1 Å². The van der Waals surface area contributed by atoms with Crippen LogP contribution in [-0.2, 0) is 15.1 Å². The smallest absolute Gasteiger partial charge is 0.370 e. The highest BCUT2D eigenvalue weighted by Crippen LogP contribution is 2.38. The molecule has 1 unspecified atom stereocenters. The lowest BCUT2D eigenvalue weighted by Gasteiger charge is -2.21. The molecule has 1 atom stereocenters. The van der Waals surface area contributed by atoms with Gasteiger partial charge < -0.3 is 15.2 Å². The average molecular weight is 343 g/mol. The van der Waals surface area contributed by atoms with E-state index in [1.54, 1.807) is 19.1 Å². The maximum atomic E-state index is 11.8. The molecule has 1 amide bonds. The minimum absolute atomic E-state index is 0.0311. The van der Waals surface area contributed by atoms with Crippen LogP contribution in [0.4, 0.5) is 5.69 Å². The minimum atomic E-state index is -4.15. The summed E-state index contributed by atoms with van der Waals surface area (Å²) in [6.07, 6.45) is 0. The zero-order valence-electron chi connectivity index (χ0n) is 14.1. The van der Waals surface area contributed by atoms with E-state index in [2.05, 4.69) is 5.32 Å². The van der Waals surface area contributed by atoms with Crippen LogP contribution in [0, 0.1) is 0 Å². The van der Waals surface area contributed by atoms with Crippen LogP contribution in [0.2, 0.25) is 0 Å². The van der Waals surface area contributed by atoms with Crippen molar-refractivity contribution < 1.29 is 17.4 Å². The molecule has 7 nitrogen and oxygen atoms in total. The second-order valence-electron chi connectivity index (χ2n) is 6.15. The van der Waals surface area contributed by atoms with Gasteiger partial charge in [0.1, 0.15) is 0 Å². The van der Waals surface area contributed by atoms with Crippen LogP contribution in [0.5, 0.6) is 5.75 Å². The van der Waals surface area contributed by atoms with Gasteiger partial charge in [-0.25, -0.2) is 0 Å². The Labute approximate surface area is 137 Å². The Bertz CT molecular complexity index is 653. The molecule has 0 saturated heterocycles. The number of carbonyl (C=O) groups excluding carboxylic acids is 1. The molecule has 0 aliphatic rings. The highest BCUT2D eigenvalue weighted by molar-refractivity contribution is 7.84. The van der Waals surface area contributed by atoms with E-state index < -0.39 is 16.3 Å². The Morgan fingerprint density at radius 2 is 1.52 bits per heavy atom. The Hall–Kier alpha value is -1.64. The van der Waals surface area contributed by atoms with Crippen molar-refractivity contribution in [3.8, 4) is 5.75 Å². The molecule has 0 spiro atoms. The first-order chi connectivity index (χ1) is 10.4. The highest BCUT2D eigenvalue weighted by Gasteiger charge is 2.21. The van der Waals surface area contributed by atoms with Gasteiger partial charge in [-0.05, 0) is 30.9 Å². The fourth-order valence-corrected chi connectivity index (χ4v) is 2.50. The summed E-state index contributed by atoms with van der Waals surface area (Å²) in [6, 6.07) is 2.70. The van der Waals surface area contributed by atoms with Crippen LogP contribution in [0.25, 0.3) is 0 Å². The van der Waals surface area contributed by atoms with Crippen LogP contribution in [0.3, 0.4) is 0 Å². The monoisotopic (exact) mass is 343 g/mol. The summed E-state index contributed by atoms with van der Waals surface area (Å²) >= 11 is 0. The number of carbonyl (C=O) groups is 1. The molecule has 5 N–H and O–H groups in total. The largest absolute Gasteiger partial charge is 0.380 e. The first-order valence-electron chi connectivity index (χ1n) is 7.38. The van der Waals surface area contributed by atoms with Crippen LogP contribution < -0.4 is 20.4 Å². The average Bonchev–Trinajstić information content (AvgIpc) is 2.37. The van der Waals surface area contributed by atoms with Crippen molar-refractivity contribution in [2.75, 3.05) is 5.32 Å². The second-order valence-corrected chi connectivity index (χ2v) is 7.30. The van der Waals surface area contributed by atoms with Gasteiger partial charge in [-0.1, -0.05) is 27.7 Å². The van der Waals surface area contributed by atoms with E-state index in [0.717, 1.165) is 0 Å². The lowest BCUT2D eigenvalue weighted by atomic mass is 9.93. The molecular formula is C15H25N3O4S. The highest BCUT2D eigenvalue weighted by atomic mass is 32.2. The number of nitrogens with one attached hydrogen (secondary N) is 1. The molecule has 1 rings (SSSR count). The Morgan fingerprint density at radius 3 is 1.83 bits per heavy atom. The van der Waals surface area contributed by atoms with Crippen molar-refractivity contribution in [3.05, 3.63) is 23.3 Å². The van der Waals surface area contributed by atoms with Gasteiger partial charge in [0.05, 0.1) is 6.04 Å². The summed E-state index contributed by atoms with van der Waals surface area (Å²) in [5, 5.41) is 7.75. The van der Waals surface area contributed by atoms with E-state index in [9.17, 15) is 13.2 Å². The maximum absolute atomic E-state index is 11.8. The third-order valence-electron chi connectivity index (χ3n) is 3.27. The molecule has 0 saturated carbocycles. The first-order valence-corrected chi connectivity index (χ1v) is 8.86. The first kappa shape index (κ1) is 19.4. The SMILES string of the molecule is CC(N)C(=O)Nc1cc(C(C)C)c(OS(N)(=O)=O)c(C(C)C)c1. The Kier molecular flexibility index (Phi) is 6.15.